The maximum Gasteiger partial charge on any atom is 0.336 e. The van der Waals surface area contributed by atoms with Gasteiger partial charge in [-0.1, -0.05) is 43.3 Å². The normalized spacial score (nSPS) is 20.0. The Morgan fingerprint density at radius 2 is 1.69 bits per heavy atom. The first-order valence-corrected chi connectivity index (χ1v) is 12.8. The molecule has 1 saturated carbocycles. The molecule has 0 radical (unpaired) electrons. The second-order valence-corrected chi connectivity index (χ2v) is 10.4. The molecule has 1 heterocycles. The van der Waals surface area contributed by atoms with Crippen molar-refractivity contribution >= 4 is 16.1 Å². The molecule has 2 unspecified atom stereocenters. The van der Waals surface area contributed by atoms with Gasteiger partial charge in [-0.2, -0.15) is 0 Å². The summed E-state index contributed by atoms with van der Waals surface area (Å²) >= 11 is 0. The summed E-state index contributed by atoms with van der Waals surface area (Å²) in [7, 11) is -1.96. The fourth-order valence-corrected chi connectivity index (χ4v) is 5.44. The van der Waals surface area contributed by atoms with Crippen molar-refractivity contribution < 1.29 is 17.9 Å². The second kappa shape index (κ2) is 9.11. The number of carbonyl (C=O) groups excluding carboxylic acids is 1. The Balaban J connectivity index is 1.64. The van der Waals surface area contributed by atoms with Crippen LogP contribution < -0.4 is 9.57 Å². The van der Waals surface area contributed by atoms with Crippen molar-refractivity contribution in [1.82, 2.24) is 14.7 Å². The lowest BCUT2D eigenvalue weighted by Gasteiger charge is -2.30. The Labute approximate surface area is 190 Å². The lowest BCUT2D eigenvalue weighted by molar-refractivity contribution is 0.166. The van der Waals surface area contributed by atoms with Gasteiger partial charge in [-0.25, -0.2) is 18.2 Å². The van der Waals surface area contributed by atoms with E-state index in [1.165, 1.54) is 23.4 Å². The average Bonchev–Trinajstić information content (AvgIpc) is 3.58. The van der Waals surface area contributed by atoms with Gasteiger partial charge >= 0.3 is 6.03 Å². The van der Waals surface area contributed by atoms with E-state index in [0.29, 0.717) is 12.3 Å². The van der Waals surface area contributed by atoms with Crippen LogP contribution in [0.1, 0.15) is 67.8 Å². The number of carbonyl (C=O) groups is 1. The number of sulfonamides is 1. The van der Waals surface area contributed by atoms with E-state index in [2.05, 4.69) is 29.1 Å². The van der Waals surface area contributed by atoms with Gasteiger partial charge in [0.25, 0.3) is 0 Å². The number of benzene rings is 2. The molecule has 2 aromatic carbocycles. The zero-order valence-electron chi connectivity index (χ0n) is 18.8. The highest BCUT2D eigenvalue weighted by molar-refractivity contribution is 7.89. The van der Waals surface area contributed by atoms with Gasteiger partial charge in [0.05, 0.1) is 31.5 Å². The summed E-state index contributed by atoms with van der Waals surface area (Å²) in [6.45, 7) is 4.02. The van der Waals surface area contributed by atoms with Gasteiger partial charge in [-0.05, 0) is 60.9 Å². The van der Waals surface area contributed by atoms with Crippen molar-refractivity contribution in [2.45, 2.75) is 51.1 Å². The van der Waals surface area contributed by atoms with Crippen LogP contribution in [0.15, 0.2) is 48.5 Å². The molecule has 1 N–H and O–H groups in total. The lowest BCUT2D eigenvalue weighted by Crippen LogP contribution is -2.45. The Morgan fingerprint density at radius 3 is 2.25 bits per heavy atom. The third-order valence-electron chi connectivity index (χ3n) is 6.25. The van der Waals surface area contributed by atoms with Crippen LogP contribution in [-0.2, 0) is 10.0 Å². The molecule has 1 saturated heterocycles. The molecular weight excluding hydrogens is 426 g/mol. The van der Waals surface area contributed by atoms with Gasteiger partial charge in [0.1, 0.15) is 5.75 Å². The molecule has 7 nitrogen and oxygen atoms in total. The fraction of sp³-hybridized carbons (Fsp3) is 0.458. The van der Waals surface area contributed by atoms with Crippen LogP contribution in [0.5, 0.6) is 5.75 Å². The van der Waals surface area contributed by atoms with E-state index in [1.54, 1.807) is 18.9 Å². The summed E-state index contributed by atoms with van der Waals surface area (Å²) in [6.07, 6.45) is 2.94. The molecule has 0 aromatic heterocycles. The Hall–Kier alpha value is -2.58. The monoisotopic (exact) mass is 457 g/mol. The SMILES string of the molecule is CCCS(=O)(=O)NN1CC(c2ccc(C3CC3)cc2)N(C(C)c2ccc(OC)cc2)C1=O. The van der Waals surface area contributed by atoms with E-state index < -0.39 is 10.0 Å². The van der Waals surface area contributed by atoms with Crippen LogP contribution in [0.25, 0.3) is 0 Å². The van der Waals surface area contributed by atoms with Crippen LogP contribution in [0.4, 0.5) is 4.79 Å². The zero-order valence-corrected chi connectivity index (χ0v) is 19.6. The second-order valence-electron chi connectivity index (χ2n) is 8.62. The number of methoxy groups -OCH3 is 1. The van der Waals surface area contributed by atoms with Crippen LogP contribution >= 0.6 is 0 Å². The summed E-state index contributed by atoms with van der Waals surface area (Å²) in [4.78, 5) is 17.7. The smallest absolute Gasteiger partial charge is 0.336 e. The molecule has 2 amide bonds. The number of hydrazine groups is 1. The molecular formula is C24H31N3O4S. The number of hydrogen-bond donors (Lipinski definition) is 1. The summed E-state index contributed by atoms with van der Waals surface area (Å²) in [5, 5.41) is 1.24. The zero-order chi connectivity index (χ0) is 22.9. The van der Waals surface area contributed by atoms with E-state index in [1.807, 2.05) is 31.2 Å². The summed E-state index contributed by atoms with van der Waals surface area (Å²) in [6, 6.07) is 15.2. The number of nitrogens with one attached hydrogen (secondary N) is 1. The standard InChI is InChI=1S/C24H31N3O4S/c1-4-15-32(29,30)25-26-16-23(21-9-7-20(8-10-21)19-5-6-19)27(24(26)28)17(2)18-11-13-22(31-3)14-12-18/h7-14,17,19,23,25H,4-6,15-16H2,1-3H3. The number of rotatable bonds is 9. The lowest BCUT2D eigenvalue weighted by atomic mass is 9.99. The quantitative estimate of drug-likeness (QED) is 0.607. The number of urea groups is 1. The van der Waals surface area contributed by atoms with Gasteiger partial charge < -0.3 is 9.64 Å². The van der Waals surface area contributed by atoms with Crippen molar-refractivity contribution in [1.29, 1.82) is 0 Å². The first-order chi connectivity index (χ1) is 15.3. The van der Waals surface area contributed by atoms with Gasteiger partial charge in [0.15, 0.2) is 0 Å². The molecule has 1 aliphatic heterocycles. The summed E-state index contributed by atoms with van der Waals surface area (Å²) in [5.74, 6) is 1.38. The Bertz CT molecular complexity index is 1050. The molecule has 2 fully saturated rings. The van der Waals surface area contributed by atoms with Crippen molar-refractivity contribution in [3.05, 3.63) is 65.2 Å². The van der Waals surface area contributed by atoms with Crippen molar-refractivity contribution in [2.24, 2.45) is 0 Å². The maximum absolute atomic E-state index is 13.4. The van der Waals surface area contributed by atoms with E-state index in [4.69, 9.17) is 4.74 Å². The summed E-state index contributed by atoms with van der Waals surface area (Å²) < 4.78 is 30.0. The summed E-state index contributed by atoms with van der Waals surface area (Å²) in [5.41, 5.74) is 3.28. The molecule has 2 aromatic rings. The van der Waals surface area contributed by atoms with Crippen molar-refractivity contribution in [3.8, 4) is 5.75 Å². The number of amides is 2. The first kappa shape index (κ1) is 22.6. The topological polar surface area (TPSA) is 79.0 Å². The van der Waals surface area contributed by atoms with Gasteiger partial charge in [-0.3, -0.25) is 0 Å². The number of nitrogens with zero attached hydrogens (tertiary/aromatic N) is 2. The van der Waals surface area contributed by atoms with Gasteiger partial charge in [0, 0.05) is 0 Å². The molecule has 2 atom stereocenters. The van der Waals surface area contributed by atoms with Crippen molar-refractivity contribution in [3.63, 3.8) is 0 Å². The van der Waals surface area contributed by atoms with Crippen LogP contribution in [0, 0.1) is 0 Å². The largest absolute Gasteiger partial charge is 0.497 e. The average molecular weight is 458 g/mol. The highest BCUT2D eigenvalue weighted by atomic mass is 32.2. The van der Waals surface area contributed by atoms with Gasteiger partial charge in [-0.15, -0.1) is 4.83 Å². The predicted molar refractivity (Wildman–Crippen MR) is 124 cm³/mol. The molecule has 8 heteroatoms. The molecule has 2 aliphatic rings. The predicted octanol–water partition coefficient (Wildman–Crippen LogP) is 4.36. The minimum atomic E-state index is -3.57. The fourth-order valence-electron chi connectivity index (χ4n) is 4.32. The molecule has 172 valence electrons. The Kier molecular flexibility index (Phi) is 6.44. The minimum absolute atomic E-state index is 0.0223. The first-order valence-electron chi connectivity index (χ1n) is 11.2. The molecule has 0 spiro atoms. The van der Waals surface area contributed by atoms with E-state index >= 15 is 0 Å². The van der Waals surface area contributed by atoms with Crippen molar-refractivity contribution in [2.75, 3.05) is 19.4 Å². The van der Waals surface area contributed by atoms with E-state index in [-0.39, 0.29) is 30.4 Å². The number of ether oxygens (including phenoxy) is 1. The van der Waals surface area contributed by atoms with Crippen LogP contribution in [0.2, 0.25) is 0 Å². The number of hydrogen-bond acceptors (Lipinski definition) is 4. The highest BCUT2D eigenvalue weighted by Crippen LogP contribution is 2.41. The van der Waals surface area contributed by atoms with Crippen LogP contribution in [-0.4, -0.2) is 43.8 Å². The van der Waals surface area contributed by atoms with Gasteiger partial charge in [0.2, 0.25) is 10.0 Å². The molecule has 4 rings (SSSR count). The third kappa shape index (κ3) is 4.76. The van der Waals surface area contributed by atoms with Crippen LogP contribution in [0.3, 0.4) is 0 Å². The molecule has 0 bridgehead atoms. The highest BCUT2D eigenvalue weighted by Gasteiger charge is 2.42. The maximum atomic E-state index is 13.4. The Morgan fingerprint density at radius 1 is 1.06 bits per heavy atom. The third-order valence-corrected chi connectivity index (χ3v) is 7.69. The minimum Gasteiger partial charge on any atom is -0.497 e. The molecule has 32 heavy (non-hydrogen) atoms. The van der Waals surface area contributed by atoms with E-state index in [9.17, 15) is 13.2 Å². The van der Waals surface area contributed by atoms with E-state index in [0.717, 1.165) is 16.9 Å². The molecule has 1 aliphatic carbocycles.